The van der Waals surface area contributed by atoms with Crippen molar-refractivity contribution >= 4 is 11.6 Å². The van der Waals surface area contributed by atoms with Crippen molar-refractivity contribution in [2.75, 3.05) is 0 Å². The topological polar surface area (TPSA) is 26.0 Å². The van der Waals surface area contributed by atoms with E-state index < -0.39 is 0 Å². The van der Waals surface area contributed by atoms with Gasteiger partial charge in [-0.2, -0.15) is 0 Å². The number of aryl methyl sites for hydroxylation is 1. The molecule has 1 nitrogen and oxygen atoms in total. The predicted molar refractivity (Wildman–Crippen MR) is 71.8 cm³/mol. The average molecular weight is 258 g/mol. The molecule has 0 fully saturated rings. The molecule has 1 atom stereocenters. The van der Waals surface area contributed by atoms with E-state index in [9.17, 15) is 4.39 Å². The summed E-state index contributed by atoms with van der Waals surface area (Å²) >= 11 is 6.02. The Hall–Kier alpha value is -0.600. The summed E-state index contributed by atoms with van der Waals surface area (Å²) in [5.74, 6) is -0.267. The first-order valence-corrected chi connectivity index (χ1v) is 6.65. The van der Waals surface area contributed by atoms with E-state index in [0.717, 1.165) is 18.4 Å². The Balaban J connectivity index is 2.62. The smallest absolute Gasteiger partial charge is 0.127 e. The third-order valence-electron chi connectivity index (χ3n) is 3.05. The lowest BCUT2D eigenvalue weighted by Crippen LogP contribution is -2.11. The number of nitrogens with two attached hydrogens (primary N) is 1. The fourth-order valence-corrected chi connectivity index (χ4v) is 2.20. The van der Waals surface area contributed by atoms with Gasteiger partial charge in [0.1, 0.15) is 5.82 Å². The van der Waals surface area contributed by atoms with Crippen LogP contribution in [0.2, 0.25) is 5.02 Å². The minimum atomic E-state index is -0.267. The lowest BCUT2D eigenvalue weighted by molar-refractivity contribution is 0.563. The monoisotopic (exact) mass is 257 g/mol. The summed E-state index contributed by atoms with van der Waals surface area (Å²) in [5.41, 5.74) is 7.56. The number of halogens is 2. The molecule has 0 saturated heterocycles. The van der Waals surface area contributed by atoms with Gasteiger partial charge >= 0.3 is 0 Å². The van der Waals surface area contributed by atoms with Gasteiger partial charge in [-0.1, -0.05) is 50.3 Å². The molecule has 2 N–H and O–H groups in total. The van der Waals surface area contributed by atoms with Crippen LogP contribution in [0.5, 0.6) is 0 Å². The van der Waals surface area contributed by atoms with Crippen LogP contribution < -0.4 is 5.73 Å². The zero-order valence-electron chi connectivity index (χ0n) is 10.6. The molecular weight excluding hydrogens is 237 g/mol. The maximum Gasteiger partial charge on any atom is 0.127 e. The molecule has 1 aromatic rings. The normalized spacial score (nSPS) is 12.8. The molecule has 0 aromatic heterocycles. The van der Waals surface area contributed by atoms with Crippen molar-refractivity contribution in [2.24, 2.45) is 5.73 Å². The number of benzene rings is 1. The standard InChI is InChI=1S/C14H21ClFN/c1-3-4-5-6-7-14(17)11-8-10(2)13(16)9-12(11)15/h8-9,14H,3-7,17H2,1-2H3. The SMILES string of the molecule is CCCCCCC(N)c1cc(C)c(F)cc1Cl. The summed E-state index contributed by atoms with van der Waals surface area (Å²) in [6, 6.07) is 3.04. The van der Waals surface area contributed by atoms with Gasteiger partial charge in [-0.3, -0.25) is 0 Å². The molecule has 0 spiro atoms. The maximum atomic E-state index is 13.3. The van der Waals surface area contributed by atoms with Crippen LogP contribution >= 0.6 is 11.6 Å². The number of hydrogen-bond donors (Lipinski definition) is 1. The molecule has 0 radical (unpaired) electrons. The summed E-state index contributed by atoms with van der Waals surface area (Å²) in [6.45, 7) is 3.92. The quantitative estimate of drug-likeness (QED) is 0.731. The molecule has 1 rings (SSSR count). The van der Waals surface area contributed by atoms with Crippen LogP contribution in [-0.2, 0) is 0 Å². The van der Waals surface area contributed by atoms with Gasteiger partial charge in [0, 0.05) is 11.1 Å². The number of unbranched alkanes of at least 4 members (excludes halogenated alkanes) is 3. The Morgan fingerprint density at radius 2 is 2.00 bits per heavy atom. The van der Waals surface area contributed by atoms with Crippen molar-refractivity contribution in [3.05, 3.63) is 34.1 Å². The van der Waals surface area contributed by atoms with E-state index in [1.807, 2.05) is 0 Å². The summed E-state index contributed by atoms with van der Waals surface area (Å²) in [6.07, 6.45) is 5.66. The highest BCUT2D eigenvalue weighted by molar-refractivity contribution is 6.31. The van der Waals surface area contributed by atoms with E-state index in [4.69, 9.17) is 17.3 Å². The van der Waals surface area contributed by atoms with Gasteiger partial charge in [-0.05, 0) is 30.5 Å². The third-order valence-corrected chi connectivity index (χ3v) is 3.37. The molecule has 96 valence electrons. The van der Waals surface area contributed by atoms with Crippen molar-refractivity contribution in [3.63, 3.8) is 0 Å². The van der Waals surface area contributed by atoms with Gasteiger partial charge in [0.15, 0.2) is 0 Å². The van der Waals surface area contributed by atoms with Crippen molar-refractivity contribution in [1.82, 2.24) is 0 Å². The van der Waals surface area contributed by atoms with Crippen LogP contribution in [-0.4, -0.2) is 0 Å². The zero-order valence-corrected chi connectivity index (χ0v) is 11.4. The van der Waals surface area contributed by atoms with Gasteiger partial charge in [-0.15, -0.1) is 0 Å². The molecule has 0 aliphatic rings. The van der Waals surface area contributed by atoms with Gasteiger partial charge in [-0.25, -0.2) is 4.39 Å². The molecule has 1 unspecified atom stereocenters. The lowest BCUT2D eigenvalue weighted by Gasteiger charge is -2.14. The Morgan fingerprint density at radius 1 is 1.29 bits per heavy atom. The molecule has 0 heterocycles. The number of hydrogen-bond acceptors (Lipinski definition) is 1. The van der Waals surface area contributed by atoms with Crippen molar-refractivity contribution in [2.45, 2.75) is 52.0 Å². The second-order valence-corrected chi connectivity index (χ2v) is 4.99. The molecule has 1 aromatic carbocycles. The van der Waals surface area contributed by atoms with Crippen LogP contribution in [0.15, 0.2) is 12.1 Å². The summed E-state index contributed by atoms with van der Waals surface area (Å²) in [4.78, 5) is 0. The molecule has 17 heavy (non-hydrogen) atoms. The fourth-order valence-electron chi connectivity index (χ4n) is 1.91. The summed E-state index contributed by atoms with van der Waals surface area (Å²) < 4.78 is 13.3. The first kappa shape index (κ1) is 14.5. The van der Waals surface area contributed by atoms with Gasteiger partial charge in [0.2, 0.25) is 0 Å². The zero-order chi connectivity index (χ0) is 12.8. The first-order chi connectivity index (χ1) is 8.06. The lowest BCUT2D eigenvalue weighted by atomic mass is 9.99. The summed E-state index contributed by atoms with van der Waals surface area (Å²) in [5, 5.41) is 0.441. The Bertz CT molecular complexity index is 365. The second kappa shape index (κ2) is 6.97. The van der Waals surface area contributed by atoms with Gasteiger partial charge in [0.05, 0.1) is 0 Å². The van der Waals surface area contributed by atoms with E-state index in [-0.39, 0.29) is 11.9 Å². The second-order valence-electron chi connectivity index (χ2n) is 4.58. The van der Waals surface area contributed by atoms with Crippen molar-refractivity contribution < 1.29 is 4.39 Å². The van der Waals surface area contributed by atoms with Crippen LogP contribution in [0.1, 0.15) is 56.2 Å². The van der Waals surface area contributed by atoms with E-state index in [1.54, 1.807) is 13.0 Å². The molecule has 0 bridgehead atoms. The van der Waals surface area contributed by atoms with Gasteiger partial charge < -0.3 is 5.73 Å². The average Bonchev–Trinajstić information content (AvgIpc) is 2.29. The fraction of sp³-hybridized carbons (Fsp3) is 0.571. The summed E-state index contributed by atoms with van der Waals surface area (Å²) in [7, 11) is 0. The highest BCUT2D eigenvalue weighted by Gasteiger charge is 2.12. The maximum absolute atomic E-state index is 13.3. The minimum Gasteiger partial charge on any atom is -0.324 e. The predicted octanol–water partition coefficient (Wildman–Crippen LogP) is 4.76. The van der Waals surface area contributed by atoms with Crippen LogP contribution in [0.25, 0.3) is 0 Å². The van der Waals surface area contributed by atoms with E-state index >= 15 is 0 Å². The van der Waals surface area contributed by atoms with Crippen molar-refractivity contribution in [3.8, 4) is 0 Å². The van der Waals surface area contributed by atoms with Crippen LogP contribution in [0.3, 0.4) is 0 Å². The van der Waals surface area contributed by atoms with Crippen LogP contribution in [0, 0.1) is 12.7 Å². The minimum absolute atomic E-state index is 0.0846. The van der Waals surface area contributed by atoms with Crippen LogP contribution in [0.4, 0.5) is 4.39 Å². The molecular formula is C14H21ClFN. The molecule has 0 amide bonds. The van der Waals surface area contributed by atoms with E-state index in [0.29, 0.717) is 10.6 Å². The van der Waals surface area contributed by atoms with Crippen molar-refractivity contribution in [1.29, 1.82) is 0 Å². The third kappa shape index (κ3) is 4.29. The van der Waals surface area contributed by atoms with Gasteiger partial charge in [0.25, 0.3) is 0 Å². The number of rotatable bonds is 6. The highest BCUT2D eigenvalue weighted by Crippen LogP contribution is 2.27. The first-order valence-electron chi connectivity index (χ1n) is 6.27. The molecule has 0 saturated carbocycles. The van der Waals surface area contributed by atoms with E-state index in [2.05, 4.69) is 6.92 Å². The Kier molecular flexibility index (Phi) is 5.93. The Labute approximate surface area is 108 Å². The highest BCUT2D eigenvalue weighted by atomic mass is 35.5. The molecule has 0 aliphatic carbocycles. The van der Waals surface area contributed by atoms with E-state index in [1.165, 1.54) is 25.3 Å². The Morgan fingerprint density at radius 3 is 2.65 bits per heavy atom. The molecule has 3 heteroatoms. The molecule has 0 aliphatic heterocycles. The largest absolute Gasteiger partial charge is 0.324 e.